The average molecular weight is 538 g/mol. The maximum absolute atomic E-state index is 12.9. The molecule has 0 bridgehead atoms. The number of hydrogen-bond acceptors (Lipinski definition) is 3. The van der Waals surface area contributed by atoms with Gasteiger partial charge in [-0.3, -0.25) is 9.48 Å². The minimum atomic E-state index is -4.40. The molecule has 30 heavy (non-hydrogen) atoms. The smallest absolute Gasteiger partial charge is 0.356 e. The van der Waals surface area contributed by atoms with E-state index in [9.17, 15) is 18.0 Å². The standard InChI is InChI=1S/C19H25F3N6O.HI/c1-27(2)17(29)14-25-18(23-8-4-10-28-11-5-9-26-28)24-13-15-6-3-7-16(12-15)19(20,21)22;/h3,5-7,9,11-12H,4,8,10,13-14H2,1-2H3,(H2,23,24,25);1H. The largest absolute Gasteiger partial charge is 0.416 e. The first-order valence-electron chi connectivity index (χ1n) is 9.11. The number of nitrogens with one attached hydrogen (secondary N) is 2. The molecule has 1 aromatic heterocycles. The lowest BCUT2D eigenvalue weighted by molar-refractivity contribution is -0.137. The predicted molar refractivity (Wildman–Crippen MR) is 120 cm³/mol. The number of carbonyl (C=O) groups is 1. The fourth-order valence-electron chi connectivity index (χ4n) is 2.39. The first-order chi connectivity index (χ1) is 13.8. The molecule has 0 aliphatic heterocycles. The Hall–Kier alpha value is -2.31. The van der Waals surface area contributed by atoms with Crippen LogP contribution < -0.4 is 10.6 Å². The fourth-order valence-corrected chi connectivity index (χ4v) is 2.39. The van der Waals surface area contributed by atoms with E-state index in [-0.39, 0.29) is 43.0 Å². The zero-order valence-electron chi connectivity index (χ0n) is 16.8. The second kappa shape index (κ2) is 12.4. The molecule has 0 atom stereocenters. The first-order valence-corrected chi connectivity index (χ1v) is 9.11. The van der Waals surface area contributed by atoms with Gasteiger partial charge in [-0.15, -0.1) is 24.0 Å². The van der Waals surface area contributed by atoms with Gasteiger partial charge in [0.25, 0.3) is 0 Å². The monoisotopic (exact) mass is 538 g/mol. The molecule has 0 saturated heterocycles. The number of likely N-dealkylation sites (N-methyl/N-ethyl adjacent to an activating group) is 1. The molecule has 11 heteroatoms. The van der Waals surface area contributed by atoms with E-state index in [4.69, 9.17) is 0 Å². The third-order valence-electron chi connectivity index (χ3n) is 4.00. The van der Waals surface area contributed by atoms with Crippen LogP contribution in [0, 0.1) is 0 Å². The van der Waals surface area contributed by atoms with Crippen LogP contribution in [0.15, 0.2) is 47.7 Å². The van der Waals surface area contributed by atoms with Crippen LogP contribution in [0.3, 0.4) is 0 Å². The Labute approximate surface area is 190 Å². The van der Waals surface area contributed by atoms with E-state index >= 15 is 0 Å². The minimum absolute atomic E-state index is 0. The van der Waals surface area contributed by atoms with Crippen molar-refractivity contribution in [2.45, 2.75) is 25.7 Å². The summed E-state index contributed by atoms with van der Waals surface area (Å²) in [6.07, 6.45) is -0.0856. The highest BCUT2D eigenvalue weighted by Crippen LogP contribution is 2.29. The maximum atomic E-state index is 12.9. The van der Waals surface area contributed by atoms with Crippen LogP contribution in [0.1, 0.15) is 17.5 Å². The molecule has 0 spiro atoms. The van der Waals surface area contributed by atoms with Crippen molar-refractivity contribution in [3.05, 3.63) is 53.9 Å². The molecule has 0 saturated carbocycles. The summed E-state index contributed by atoms with van der Waals surface area (Å²) in [5.74, 6) is 0.216. The second-order valence-electron chi connectivity index (χ2n) is 6.55. The fraction of sp³-hybridized carbons (Fsp3) is 0.421. The summed E-state index contributed by atoms with van der Waals surface area (Å²) in [7, 11) is 3.28. The van der Waals surface area contributed by atoms with E-state index in [1.165, 1.54) is 11.0 Å². The Balaban J connectivity index is 0.00000450. The van der Waals surface area contributed by atoms with Gasteiger partial charge in [0.05, 0.1) is 18.7 Å². The summed E-state index contributed by atoms with van der Waals surface area (Å²) < 4.78 is 40.4. The molecule has 0 unspecified atom stereocenters. The van der Waals surface area contributed by atoms with Crippen molar-refractivity contribution in [3.8, 4) is 0 Å². The van der Waals surface area contributed by atoms with Gasteiger partial charge in [0.15, 0.2) is 5.96 Å². The van der Waals surface area contributed by atoms with Crippen molar-refractivity contribution in [1.82, 2.24) is 25.3 Å². The summed E-state index contributed by atoms with van der Waals surface area (Å²) in [6, 6.07) is 6.87. The number of aryl methyl sites for hydroxylation is 1. The first kappa shape index (κ1) is 25.7. The molecule has 0 fully saturated rings. The normalized spacial score (nSPS) is 11.6. The molecule has 1 aromatic carbocycles. The number of rotatable bonds is 8. The van der Waals surface area contributed by atoms with E-state index in [1.54, 1.807) is 31.0 Å². The Bertz CT molecular complexity index is 809. The van der Waals surface area contributed by atoms with Crippen molar-refractivity contribution in [2.24, 2.45) is 4.99 Å². The van der Waals surface area contributed by atoms with Crippen LogP contribution in [-0.4, -0.2) is 53.7 Å². The number of carbonyl (C=O) groups excluding carboxylic acids is 1. The molecule has 2 N–H and O–H groups in total. The SMILES string of the molecule is CN(C)C(=O)CNC(=NCc1cccc(C(F)(F)F)c1)NCCCn1cccn1.I. The van der Waals surface area contributed by atoms with Crippen LogP contribution in [0.2, 0.25) is 0 Å². The van der Waals surface area contributed by atoms with Gasteiger partial charge < -0.3 is 15.5 Å². The number of alkyl halides is 3. The van der Waals surface area contributed by atoms with Crippen LogP contribution >= 0.6 is 24.0 Å². The highest BCUT2D eigenvalue weighted by molar-refractivity contribution is 14.0. The van der Waals surface area contributed by atoms with Gasteiger partial charge in [0.1, 0.15) is 0 Å². The highest BCUT2D eigenvalue weighted by Gasteiger charge is 2.30. The molecule has 0 aliphatic carbocycles. The summed E-state index contributed by atoms with van der Waals surface area (Å²) >= 11 is 0. The van der Waals surface area contributed by atoms with Crippen LogP contribution in [0.25, 0.3) is 0 Å². The van der Waals surface area contributed by atoms with E-state index in [1.807, 2.05) is 12.3 Å². The molecular weight excluding hydrogens is 512 g/mol. The molecular formula is C19H26F3IN6O. The van der Waals surface area contributed by atoms with E-state index < -0.39 is 11.7 Å². The molecule has 166 valence electrons. The van der Waals surface area contributed by atoms with Crippen LogP contribution in [0.4, 0.5) is 13.2 Å². The Morgan fingerprint density at radius 2 is 2.00 bits per heavy atom. The third kappa shape index (κ3) is 9.01. The number of hydrogen-bond donors (Lipinski definition) is 2. The second-order valence-corrected chi connectivity index (χ2v) is 6.55. The Morgan fingerprint density at radius 1 is 1.23 bits per heavy atom. The zero-order valence-corrected chi connectivity index (χ0v) is 19.1. The van der Waals surface area contributed by atoms with Crippen LogP contribution in [0.5, 0.6) is 0 Å². The van der Waals surface area contributed by atoms with Crippen molar-refractivity contribution >= 4 is 35.8 Å². The number of benzene rings is 1. The Kier molecular flexibility index (Phi) is 10.6. The van der Waals surface area contributed by atoms with E-state index in [0.717, 1.165) is 18.6 Å². The molecule has 2 aromatic rings. The van der Waals surface area contributed by atoms with Gasteiger partial charge in [-0.2, -0.15) is 18.3 Å². The topological polar surface area (TPSA) is 74.6 Å². The van der Waals surface area contributed by atoms with Crippen molar-refractivity contribution in [2.75, 3.05) is 27.2 Å². The highest BCUT2D eigenvalue weighted by atomic mass is 127. The van der Waals surface area contributed by atoms with Gasteiger partial charge in [0.2, 0.25) is 5.91 Å². The number of nitrogens with zero attached hydrogens (tertiary/aromatic N) is 4. The number of aromatic nitrogens is 2. The molecule has 2 rings (SSSR count). The van der Waals surface area contributed by atoms with Crippen molar-refractivity contribution in [3.63, 3.8) is 0 Å². The molecule has 0 radical (unpaired) electrons. The lowest BCUT2D eigenvalue weighted by atomic mass is 10.1. The van der Waals surface area contributed by atoms with Crippen molar-refractivity contribution in [1.29, 1.82) is 0 Å². The number of halogens is 4. The minimum Gasteiger partial charge on any atom is -0.356 e. The molecule has 1 amide bonds. The van der Waals surface area contributed by atoms with Crippen LogP contribution in [-0.2, 0) is 24.1 Å². The molecule has 0 aliphatic rings. The third-order valence-corrected chi connectivity index (χ3v) is 4.00. The van der Waals surface area contributed by atoms with Gasteiger partial charge >= 0.3 is 6.18 Å². The van der Waals surface area contributed by atoms with Crippen molar-refractivity contribution < 1.29 is 18.0 Å². The average Bonchev–Trinajstić information content (AvgIpc) is 3.19. The lowest BCUT2D eigenvalue weighted by Gasteiger charge is -2.15. The predicted octanol–water partition coefficient (Wildman–Crippen LogP) is 2.73. The van der Waals surface area contributed by atoms with Gasteiger partial charge in [0, 0.05) is 39.6 Å². The maximum Gasteiger partial charge on any atom is 0.416 e. The number of amides is 1. The van der Waals surface area contributed by atoms with E-state index in [0.29, 0.717) is 24.6 Å². The number of guanidine groups is 1. The Morgan fingerprint density at radius 3 is 2.63 bits per heavy atom. The summed E-state index contributed by atoms with van der Waals surface area (Å²) in [6.45, 7) is 1.34. The van der Waals surface area contributed by atoms with Gasteiger partial charge in [-0.1, -0.05) is 12.1 Å². The quantitative estimate of drug-likeness (QED) is 0.235. The van der Waals surface area contributed by atoms with E-state index in [2.05, 4.69) is 20.7 Å². The molecule has 7 nitrogen and oxygen atoms in total. The van der Waals surface area contributed by atoms with Gasteiger partial charge in [-0.25, -0.2) is 4.99 Å². The van der Waals surface area contributed by atoms with Gasteiger partial charge in [-0.05, 0) is 30.2 Å². The zero-order chi connectivity index (χ0) is 21.3. The molecule has 1 heterocycles. The number of aliphatic imine (C=N–C) groups is 1. The summed E-state index contributed by atoms with van der Waals surface area (Å²) in [4.78, 5) is 17.6. The summed E-state index contributed by atoms with van der Waals surface area (Å²) in [5, 5.41) is 10.1. The lowest BCUT2D eigenvalue weighted by Crippen LogP contribution is -2.43. The summed E-state index contributed by atoms with van der Waals surface area (Å²) in [5.41, 5.74) is -0.286.